The van der Waals surface area contributed by atoms with Gasteiger partial charge in [0.2, 0.25) is 0 Å². The van der Waals surface area contributed by atoms with Gasteiger partial charge in [-0.1, -0.05) is 30.7 Å². The molecule has 1 aromatic heterocycles. The van der Waals surface area contributed by atoms with Crippen LogP contribution >= 0.6 is 0 Å². The zero-order chi connectivity index (χ0) is 14.8. The van der Waals surface area contributed by atoms with Crippen LogP contribution in [-0.4, -0.2) is 24.2 Å². The minimum Gasteiger partial charge on any atom is -0.490 e. The first-order chi connectivity index (χ1) is 10.9. The normalized spacial score (nSPS) is 27.5. The first-order valence-electron chi connectivity index (χ1n) is 8.28. The molecule has 1 aromatic carbocycles. The van der Waals surface area contributed by atoms with Crippen LogP contribution in [0.1, 0.15) is 19.3 Å². The van der Waals surface area contributed by atoms with Crippen LogP contribution in [0.2, 0.25) is 0 Å². The molecule has 1 unspecified atom stereocenters. The summed E-state index contributed by atoms with van der Waals surface area (Å²) in [5.41, 5.74) is 0. The molecule has 0 spiro atoms. The molecule has 0 N–H and O–H groups in total. The lowest BCUT2D eigenvalue weighted by molar-refractivity contribution is 0.0258. The van der Waals surface area contributed by atoms with Crippen molar-refractivity contribution in [3.63, 3.8) is 0 Å². The van der Waals surface area contributed by atoms with Crippen molar-refractivity contribution in [2.75, 3.05) is 18.0 Å². The molecule has 1 aliphatic heterocycles. The molecule has 3 heteroatoms. The van der Waals surface area contributed by atoms with E-state index in [0.29, 0.717) is 17.9 Å². The highest BCUT2D eigenvalue weighted by molar-refractivity contribution is 5.39. The smallest absolute Gasteiger partial charge is 0.128 e. The predicted molar refractivity (Wildman–Crippen MR) is 88.1 cm³/mol. The average Bonchev–Trinajstić information content (AvgIpc) is 2.56. The fraction of sp³-hybridized carbons (Fsp3) is 0.421. The van der Waals surface area contributed by atoms with E-state index in [2.05, 4.69) is 34.1 Å². The number of hydrogen-bond acceptors (Lipinski definition) is 3. The molecule has 0 radical (unpaired) electrons. The van der Waals surface area contributed by atoms with E-state index in [-0.39, 0.29) is 0 Å². The fourth-order valence-electron chi connectivity index (χ4n) is 3.96. The Morgan fingerprint density at radius 3 is 2.32 bits per heavy atom. The largest absolute Gasteiger partial charge is 0.490 e. The van der Waals surface area contributed by atoms with Crippen LogP contribution in [0, 0.1) is 11.8 Å². The summed E-state index contributed by atoms with van der Waals surface area (Å²) in [4.78, 5) is 6.97. The number of aromatic nitrogens is 1. The first-order valence-corrected chi connectivity index (χ1v) is 8.28. The van der Waals surface area contributed by atoms with Crippen molar-refractivity contribution >= 4 is 5.82 Å². The standard InChI is InChI=1S/C19H22N2O/c1-2-9-17(10-3-1)22-19-15-7-6-8-16(19)14-21(13-15)18-11-4-5-12-20-18/h1-5,9-12,15-16,19H,6-8,13-14H2/t15-,16+,19?. The van der Waals surface area contributed by atoms with Gasteiger partial charge in [-0.15, -0.1) is 0 Å². The molecule has 2 fully saturated rings. The van der Waals surface area contributed by atoms with Gasteiger partial charge in [-0.05, 0) is 37.1 Å². The Labute approximate surface area is 131 Å². The number of ether oxygens (including phenoxy) is 1. The molecule has 114 valence electrons. The van der Waals surface area contributed by atoms with Crippen LogP contribution in [0.3, 0.4) is 0 Å². The molecule has 1 aliphatic carbocycles. The highest BCUT2D eigenvalue weighted by atomic mass is 16.5. The third-order valence-electron chi connectivity index (χ3n) is 4.98. The summed E-state index contributed by atoms with van der Waals surface area (Å²) in [7, 11) is 0. The number of hydrogen-bond donors (Lipinski definition) is 0. The highest BCUT2D eigenvalue weighted by Gasteiger charge is 2.41. The lowest BCUT2D eigenvalue weighted by atomic mass is 9.75. The van der Waals surface area contributed by atoms with E-state index in [4.69, 9.17) is 4.74 Å². The predicted octanol–water partition coefficient (Wildman–Crippen LogP) is 3.77. The van der Waals surface area contributed by atoms with Crippen LogP contribution in [0.15, 0.2) is 54.7 Å². The van der Waals surface area contributed by atoms with E-state index in [1.54, 1.807) is 0 Å². The van der Waals surface area contributed by atoms with Crippen LogP contribution in [0.4, 0.5) is 5.82 Å². The van der Waals surface area contributed by atoms with Crippen molar-refractivity contribution in [3.8, 4) is 5.75 Å². The zero-order valence-corrected chi connectivity index (χ0v) is 12.8. The molecule has 2 heterocycles. The van der Waals surface area contributed by atoms with Gasteiger partial charge in [0.05, 0.1) is 0 Å². The van der Waals surface area contributed by atoms with Crippen LogP contribution in [-0.2, 0) is 0 Å². The third-order valence-corrected chi connectivity index (χ3v) is 4.98. The second kappa shape index (κ2) is 5.99. The van der Waals surface area contributed by atoms with Crippen molar-refractivity contribution in [1.29, 1.82) is 0 Å². The lowest BCUT2D eigenvalue weighted by Crippen LogP contribution is -2.54. The maximum absolute atomic E-state index is 6.36. The second-order valence-electron chi connectivity index (χ2n) is 6.44. The van der Waals surface area contributed by atoms with Crippen LogP contribution in [0.5, 0.6) is 5.75 Å². The Hall–Kier alpha value is -2.03. The molecular formula is C19H22N2O. The Balaban J connectivity index is 1.52. The molecule has 0 amide bonds. The van der Waals surface area contributed by atoms with Gasteiger partial charge in [-0.25, -0.2) is 4.98 Å². The van der Waals surface area contributed by atoms with E-state index >= 15 is 0 Å². The Kier molecular flexibility index (Phi) is 3.71. The maximum atomic E-state index is 6.36. The summed E-state index contributed by atoms with van der Waals surface area (Å²) < 4.78 is 6.36. The summed E-state index contributed by atoms with van der Waals surface area (Å²) in [6.45, 7) is 2.12. The molecule has 22 heavy (non-hydrogen) atoms. The number of benzene rings is 1. The molecule has 2 bridgehead atoms. The first kappa shape index (κ1) is 13.6. The fourth-order valence-corrected chi connectivity index (χ4v) is 3.96. The Morgan fingerprint density at radius 2 is 1.64 bits per heavy atom. The molecule has 1 saturated carbocycles. The monoisotopic (exact) mass is 294 g/mol. The van der Waals surface area contributed by atoms with Crippen molar-refractivity contribution < 1.29 is 4.74 Å². The van der Waals surface area contributed by atoms with Gasteiger partial charge in [0.25, 0.3) is 0 Å². The lowest BCUT2D eigenvalue weighted by Gasteiger charge is -2.47. The molecule has 2 aromatic rings. The van der Waals surface area contributed by atoms with E-state index in [1.165, 1.54) is 19.3 Å². The van der Waals surface area contributed by atoms with Gasteiger partial charge in [0.1, 0.15) is 17.7 Å². The van der Waals surface area contributed by atoms with E-state index < -0.39 is 0 Å². The van der Waals surface area contributed by atoms with Crippen molar-refractivity contribution in [1.82, 2.24) is 4.98 Å². The number of rotatable bonds is 3. The maximum Gasteiger partial charge on any atom is 0.128 e. The molecule has 2 aliphatic rings. The van der Waals surface area contributed by atoms with E-state index in [9.17, 15) is 0 Å². The SMILES string of the molecule is c1ccc(OC2[C@@H]3CCC[C@H]2CN(c2ccccn2)C3)cc1. The summed E-state index contributed by atoms with van der Waals surface area (Å²) in [6.07, 6.45) is 6.10. The number of anilines is 1. The van der Waals surface area contributed by atoms with Crippen molar-refractivity contribution in [2.24, 2.45) is 11.8 Å². The van der Waals surface area contributed by atoms with E-state index in [1.807, 2.05) is 30.5 Å². The third kappa shape index (κ3) is 2.68. The number of para-hydroxylation sites is 1. The number of pyridine rings is 1. The van der Waals surface area contributed by atoms with Gasteiger partial charge < -0.3 is 9.64 Å². The summed E-state index contributed by atoms with van der Waals surface area (Å²) in [5, 5.41) is 0. The van der Waals surface area contributed by atoms with Crippen molar-refractivity contribution in [2.45, 2.75) is 25.4 Å². The van der Waals surface area contributed by atoms with Gasteiger partial charge in [0.15, 0.2) is 0 Å². The summed E-state index contributed by atoms with van der Waals surface area (Å²) in [5.74, 6) is 3.33. The van der Waals surface area contributed by atoms with Gasteiger partial charge in [-0.3, -0.25) is 0 Å². The number of nitrogens with zero attached hydrogens (tertiary/aromatic N) is 2. The minimum atomic E-state index is 0.358. The molecule has 4 rings (SSSR count). The molecule has 1 saturated heterocycles. The minimum absolute atomic E-state index is 0.358. The number of fused-ring (bicyclic) bond motifs is 2. The highest BCUT2D eigenvalue weighted by Crippen LogP contribution is 2.38. The van der Waals surface area contributed by atoms with Crippen LogP contribution in [0.25, 0.3) is 0 Å². The average molecular weight is 294 g/mol. The zero-order valence-electron chi connectivity index (χ0n) is 12.8. The van der Waals surface area contributed by atoms with Gasteiger partial charge in [-0.2, -0.15) is 0 Å². The molecule has 3 atom stereocenters. The Bertz CT molecular complexity index is 587. The Morgan fingerprint density at radius 1 is 0.909 bits per heavy atom. The van der Waals surface area contributed by atoms with Crippen LogP contribution < -0.4 is 9.64 Å². The topological polar surface area (TPSA) is 25.4 Å². The molecular weight excluding hydrogens is 272 g/mol. The van der Waals surface area contributed by atoms with Crippen molar-refractivity contribution in [3.05, 3.63) is 54.7 Å². The second-order valence-corrected chi connectivity index (χ2v) is 6.44. The molecule has 3 nitrogen and oxygen atoms in total. The quantitative estimate of drug-likeness (QED) is 0.861. The van der Waals surface area contributed by atoms with Gasteiger partial charge in [0, 0.05) is 31.1 Å². The summed E-state index contributed by atoms with van der Waals surface area (Å²) >= 11 is 0. The summed E-state index contributed by atoms with van der Waals surface area (Å²) in [6, 6.07) is 16.5. The number of piperidine rings is 1. The van der Waals surface area contributed by atoms with Gasteiger partial charge >= 0.3 is 0 Å². The van der Waals surface area contributed by atoms with E-state index in [0.717, 1.165) is 24.7 Å².